The third kappa shape index (κ3) is 3.77. The van der Waals surface area contributed by atoms with Gasteiger partial charge in [0.1, 0.15) is 0 Å². The van der Waals surface area contributed by atoms with Crippen LogP contribution in [0.4, 0.5) is 4.79 Å². The fraction of sp³-hybridized carbons (Fsp3) is 0.111. The van der Waals surface area contributed by atoms with Crippen LogP contribution in [0.1, 0.15) is 11.1 Å². The van der Waals surface area contributed by atoms with Gasteiger partial charge in [-0.15, -0.1) is 0 Å². The van der Waals surface area contributed by atoms with Crippen molar-refractivity contribution in [1.82, 2.24) is 5.32 Å². The summed E-state index contributed by atoms with van der Waals surface area (Å²) in [5, 5.41) is 2.51. The number of hydrogen-bond donors (Lipinski definition) is 2. The highest BCUT2D eigenvalue weighted by atomic mass is 16.5. The molecule has 5 nitrogen and oxygen atoms in total. The van der Waals surface area contributed by atoms with E-state index in [1.165, 1.54) is 7.11 Å². The van der Waals surface area contributed by atoms with Crippen LogP contribution in [0.2, 0.25) is 0 Å². The molecule has 0 heterocycles. The highest BCUT2D eigenvalue weighted by Gasteiger charge is 2.40. The first kappa shape index (κ1) is 16.3. The number of amides is 2. The van der Waals surface area contributed by atoms with Gasteiger partial charge >= 0.3 is 12.0 Å². The van der Waals surface area contributed by atoms with E-state index >= 15 is 0 Å². The number of esters is 1. The molecular weight excluding hydrogens is 292 g/mol. The fourth-order valence-corrected chi connectivity index (χ4v) is 2.29. The van der Waals surface area contributed by atoms with Gasteiger partial charge in [-0.1, -0.05) is 66.7 Å². The topological polar surface area (TPSA) is 81.4 Å². The third-order valence-corrected chi connectivity index (χ3v) is 3.38. The summed E-state index contributed by atoms with van der Waals surface area (Å²) < 4.78 is 4.90. The van der Waals surface area contributed by atoms with Gasteiger partial charge in [0, 0.05) is 0 Å². The lowest BCUT2D eigenvalue weighted by Crippen LogP contribution is -2.52. The second kappa shape index (κ2) is 7.26. The molecule has 2 amide bonds. The van der Waals surface area contributed by atoms with E-state index in [2.05, 4.69) is 5.32 Å². The fourth-order valence-electron chi connectivity index (χ4n) is 2.29. The number of hydrogen-bond acceptors (Lipinski definition) is 3. The van der Waals surface area contributed by atoms with Gasteiger partial charge in [-0.3, -0.25) is 0 Å². The number of rotatable bonds is 5. The molecule has 0 bridgehead atoms. The molecule has 0 spiro atoms. The summed E-state index contributed by atoms with van der Waals surface area (Å²) in [4.78, 5) is 23.9. The molecule has 1 atom stereocenters. The Labute approximate surface area is 134 Å². The molecule has 118 valence electrons. The number of nitrogens with two attached hydrogens (primary N) is 1. The lowest BCUT2D eigenvalue weighted by Gasteiger charge is -2.28. The lowest BCUT2D eigenvalue weighted by molar-refractivity contribution is -0.146. The molecule has 0 saturated heterocycles. The number of methoxy groups -OCH3 is 1. The molecule has 0 aromatic heterocycles. The molecule has 0 radical (unpaired) electrons. The number of nitrogens with one attached hydrogen (secondary N) is 1. The summed E-state index contributed by atoms with van der Waals surface area (Å²) in [6.07, 6.45) is 3.31. The zero-order valence-electron chi connectivity index (χ0n) is 12.7. The highest BCUT2D eigenvalue weighted by molar-refractivity contribution is 5.91. The minimum Gasteiger partial charge on any atom is -0.467 e. The maximum Gasteiger partial charge on any atom is 0.340 e. The maximum atomic E-state index is 12.4. The van der Waals surface area contributed by atoms with E-state index in [1.54, 1.807) is 36.4 Å². The lowest BCUT2D eigenvalue weighted by atomic mass is 9.88. The molecule has 5 heteroatoms. The van der Waals surface area contributed by atoms with E-state index in [0.29, 0.717) is 5.56 Å². The molecule has 0 aliphatic rings. The molecule has 2 aromatic rings. The Morgan fingerprint density at radius 3 is 2.13 bits per heavy atom. The minimum atomic E-state index is -1.49. The normalized spacial score (nSPS) is 13.3. The predicted octanol–water partition coefficient (Wildman–Crippen LogP) is 2.44. The Morgan fingerprint density at radius 1 is 1.04 bits per heavy atom. The third-order valence-electron chi connectivity index (χ3n) is 3.38. The minimum absolute atomic E-state index is 0.554. The molecule has 2 rings (SSSR count). The van der Waals surface area contributed by atoms with E-state index in [9.17, 15) is 9.59 Å². The Morgan fingerprint density at radius 2 is 1.61 bits per heavy atom. The van der Waals surface area contributed by atoms with E-state index in [4.69, 9.17) is 10.5 Å². The van der Waals surface area contributed by atoms with Crippen molar-refractivity contribution in [2.75, 3.05) is 7.11 Å². The van der Waals surface area contributed by atoms with Crippen molar-refractivity contribution < 1.29 is 14.3 Å². The van der Waals surface area contributed by atoms with Crippen LogP contribution >= 0.6 is 0 Å². The highest BCUT2D eigenvalue weighted by Crippen LogP contribution is 2.26. The maximum absolute atomic E-state index is 12.4. The van der Waals surface area contributed by atoms with E-state index in [0.717, 1.165) is 5.56 Å². The van der Waals surface area contributed by atoms with Crippen LogP contribution < -0.4 is 11.1 Å². The summed E-state index contributed by atoms with van der Waals surface area (Å²) >= 11 is 0. The van der Waals surface area contributed by atoms with E-state index < -0.39 is 17.5 Å². The Hall–Kier alpha value is -3.08. The van der Waals surface area contributed by atoms with Gasteiger partial charge in [0.15, 0.2) is 5.54 Å². The first-order valence-corrected chi connectivity index (χ1v) is 7.04. The first-order valence-electron chi connectivity index (χ1n) is 7.04. The number of ether oxygens (including phenoxy) is 1. The van der Waals surface area contributed by atoms with Crippen LogP contribution in [0.3, 0.4) is 0 Å². The number of benzene rings is 2. The van der Waals surface area contributed by atoms with Crippen molar-refractivity contribution in [2.24, 2.45) is 5.73 Å². The van der Waals surface area contributed by atoms with Crippen molar-refractivity contribution in [2.45, 2.75) is 5.54 Å². The van der Waals surface area contributed by atoms with Crippen LogP contribution in [0.15, 0.2) is 66.7 Å². The summed E-state index contributed by atoms with van der Waals surface area (Å²) in [6, 6.07) is 17.4. The largest absolute Gasteiger partial charge is 0.467 e. The van der Waals surface area contributed by atoms with Gasteiger partial charge in [-0.2, -0.15) is 0 Å². The number of carbonyl (C=O) groups is 2. The van der Waals surface area contributed by atoms with Crippen LogP contribution in [-0.4, -0.2) is 19.1 Å². The van der Waals surface area contributed by atoms with Crippen molar-refractivity contribution in [3.05, 3.63) is 77.9 Å². The molecule has 3 N–H and O–H groups in total. The number of urea groups is 1. The van der Waals surface area contributed by atoms with Crippen LogP contribution in [-0.2, 0) is 15.1 Å². The van der Waals surface area contributed by atoms with Gasteiger partial charge in [0.2, 0.25) is 0 Å². The molecule has 2 aromatic carbocycles. The summed E-state index contributed by atoms with van der Waals surface area (Å²) in [5.41, 5.74) is 5.23. The van der Waals surface area contributed by atoms with Crippen molar-refractivity contribution in [3.63, 3.8) is 0 Å². The Kier molecular flexibility index (Phi) is 5.15. The molecule has 0 fully saturated rings. The Bertz CT molecular complexity index is 699. The monoisotopic (exact) mass is 310 g/mol. The second-order valence-electron chi connectivity index (χ2n) is 4.90. The predicted molar refractivity (Wildman–Crippen MR) is 88.3 cm³/mol. The molecule has 23 heavy (non-hydrogen) atoms. The van der Waals surface area contributed by atoms with Gasteiger partial charge < -0.3 is 15.8 Å². The standard InChI is InChI=1S/C18H18N2O3/c1-23-16(21)18(20-17(19)22,15-10-6-3-7-11-15)13-12-14-8-4-2-5-9-14/h2-13H,1H3,(H3,19,20,22). The van der Waals surface area contributed by atoms with Crippen LogP contribution in [0.25, 0.3) is 6.08 Å². The molecule has 0 aliphatic carbocycles. The van der Waals surface area contributed by atoms with Crippen molar-refractivity contribution in [1.29, 1.82) is 0 Å². The van der Waals surface area contributed by atoms with Crippen LogP contribution in [0.5, 0.6) is 0 Å². The average Bonchev–Trinajstić information content (AvgIpc) is 2.59. The molecule has 0 saturated carbocycles. The number of carbonyl (C=O) groups excluding carboxylic acids is 2. The zero-order chi connectivity index (χ0) is 16.7. The van der Waals surface area contributed by atoms with Gasteiger partial charge in [-0.25, -0.2) is 9.59 Å². The second-order valence-corrected chi connectivity index (χ2v) is 4.90. The molecule has 0 aliphatic heterocycles. The molecule has 1 unspecified atom stereocenters. The smallest absolute Gasteiger partial charge is 0.340 e. The zero-order valence-corrected chi connectivity index (χ0v) is 12.7. The first-order chi connectivity index (χ1) is 11.1. The van der Waals surface area contributed by atoms with Crippen molar-refractivity contribution >= 4 is 18.1 Å². The summed E-state index contributed by atoms with van der Waals surface area (Å²) in [6.45, 7) is 0. The van der Waals surface area contributed by atoms with Gasteiger partial charge in [0.05, 0.1) is 7.11 Å². The Balaban J connectivity index is 2.54. The molecular formula is C18H18N2O3. The quantitative estimate of drug-likeness (QED) is 0.832. The summed E-state index contributed by atoms with van der Waals surface area (Å²) in [7, 11) is 1.26. The number of primary amides is 1. The van der Waals surface area contributed by atoms with E-state index in [-0.39, 0.29) is 0 Å². The van der Waals surface area contributed by atoms with Crippen LogP contribution in [0, 0.1) is 0 Å². The van der Waals surface area contributed by atoms with Gasteiger partial charge in [-0.05, 0) is 17.2 Å². The average molecular weight is 310 g/mol. The summed E-state index contributed by atoms with van der Waals surface area (Å²) in [5.74, 6) is -0.630. The SMILES string of the molecule is COC(=O)C(C=Cc1ccccc1)(NC(N)=O)c1ccccc1. The van der Waals surface area contributed by atoms with Gasteiger partial charge in [0.25, 0.3) is 0 Å². The van der Waals surface area contributed by atoms with E-state index in [1.807, 2.05) is 36.4 Å². The van der Waals surface area contributed by atoms with Crippen molar-refractivity contribution in [3.8, 4) is 0 Å².